The van der Waals surface area contributed by atoms with Crippen molar-refractivity contribution in [2.45, 2.75) is 25.0 Å². The highest BCUT2D eigenvalue weighted by atomic mass is 32.2. The van der Waals surface area contributed by atoms with E-state index in [1.807, 2.05) is 42.2 Å². The van der Waals surface area contributed by atoms with Gasteiger partial charge in [-0.2, -0.15) is 0 Å². The molecule has 126 valence electrons. The zero-order chi connectivity index (χ0) is 16.9. The Balaban J connectivity index is 2.46. The number of amides is 1. The summed E-state index contributed by atoms with van der Waals surface area (Å²) in [5.74, 6) is 2.47. The number of thioether (sulfide) groups is 2. The summed E-state index contributed by atoms with van der Waals surface area (Å²) in [5, 5.41) is 0. The number of anilines is 1. The molecule has 0 atom stereocenters. The number of carbonyl (C=O) groups excluding carboxylic acids is 1. The van der Waals surface area contributed by atoms with Crippen molar-refractivity contribution in [3.8, 4) is 0 Å². The molecule has 0 radical (unpaired) electrons. The molecule has 1 saturated heterocycles. The molecule has 0 unspecified atom stereocenters. The van der Waals surface area contributed by atoms with E-state index in [1.165, 1.54) is 0 Å². The maximum absolute atomic E-state index is 12.9. The molecular weight excluding hydrogens is 330 g/mol. The lowest BCUT2D eigenvalue weighted by atomic mass is 10.0. The molecule has 1 aromatic carbocycles. The number of benzene rings is 1. The molecule has 2 rings (SSSR count). The second-order valence-electron chi connectivity index (χ2n) is 4.91. The fraction of sp³-hybridized carbons (Fsp3) is 0.471. The third-order valence-electron chi connectivity index (χ3n) is 3.47. The Bertz CT molecular complexity index is 568. The van der Waals surface area contributed by atoms with Gasteiger partial charge < -0.3 is 9.47 Å². The number of rotatable bonds is 8. The first-order valence-electron chi connectivity index (χ1n) is 7.63. The predicted molar refractivity (Wildman–Crippen MR) is 98.6 cm³/mol. The van der Waals surface area contributed by atoms with Crippen LogP contribution < -0.4 is 4.90 Å². The fourth-order valence-electron chi connectivity index (χ4n) is 2.60. The van der Waals surface area contributed by atoms with Gasteiger partial charge in [-0.3, -0.25) is 9.69 Å². The van der Waals surface area contributed by atoms with Crippen molar-refractivity contribution in [2.24, 2.45) is 0 Å². The van der Waals surface area contributed by atoms with Crippen molar-refractivity contribution in [1.29, 1.82) is 0 Å². The molecule has 0 bridgehead atoms. The summed E-state index contributed by atoms with van der Waals surface area (Å²) < 4.78 is 10.1. The minimum atomic E-state index is -0.431. The van der Waals surface area contributed by atoms with Crippen LogP contribution in [0.25, 0.3) is 0 Å². The Morgan fingerprint density at radius 1 is 1.17 bits per heavy atom. The molecule has 1 aliphatic rings. The van der Waals surface area contributed by atoms with Crippen molar-refractivity contribution >= 4 is 35.1 Å². The normalized spacial score (nSPS) is 18.6. The number of hydrogen-bond donors (Lipinski definition) is 0. The Morgan fingerprint density at radius 2 is 1.78 bits per heavy atom. The highest BCUT2D eigenvalue weighted by Gasteiger charge is 2.59. The second kappa shape index (κ2) is 8.13. The van der Waals surface area contributed by atoms with E-state index in [1.54, 1.807) is 30.6 Å². The first-order chi connectivity index (χ1) is 11.1. The van der Waals surface area contributed by atoms with Crippen LogP contribution in [0.5, 0.6) is 0 Å². The van der Waals surface area contributed by atoms with Crippen LogP contribution in [0.15, 0.2) is 41.7 Å². The number of hydrogen-bond acceptors (Lipinski definition) is 5. The first kappa shape index (κ1) is 18.2. The van der Waals surface area contributed by atoms with Gasteiger partial charge >= 0.3 is 0 Å². The van der Waals surface area contributed by atoms with E-state index in [9.17, 15) is 4.79 Å². The Hall–Kier alpha value is -1.11. The number of allylic oxidation sites excluding steroid dienone is 1. The van der Waals surface area contributed by atoms with Gasteiger partial charge in [-0.25, -0.2) is 0 Å². The smallest absolute Gasteiger partial charge is 0.263 e. The summed E-state index contributed by atoms with van der Waals surface area (Å²) in [6.45, 7) is 6.21. The molecule has 1 fully saturated rings. The maximum Gasteiger partial charge on any atom is 0.263 e. The Morgan fingerprint density at radius 3 is 2.30 bits per heavy atom. The third-order valence-corrected chi connectivity index (χ3v) is 6.31. The van der Waals surface area contributed by atoms with Crippen molar-refractivity contribution in [3.63, 3.8) is 0 Å². The van der Waals surface area contributed by atoms with Crippen molar-refractivity contribution in [1.82, 2.24) is 0 Å². The van der Waals surface area contributed by atoms with Gasteiger partial charge in [-0.05, 0) is 30.6 Å². The number of para-hydroxylation sites is 1. The lowest BCUT2D eigenvalue weighted by Crippen LogP contribution is -2.63. The van der Waals surface area contributed by atoms with E-state index in [-0.39, 0.29) is 12.7 Å². The Labute approximate surface area is 146 Å². The van der Waals surface area contributed by atoms with Crippen LogP contribution in [0.2, 0.25) is 0 Å². The van der Waals surface area contributed by atoms with E-state index in [0.717, 1.165) is 22.8 Å². The van der Waals surface area contributed by atoms with Crippen molar-refractivity contribution in [3.05, 3.63) is 41.7 Å². The van der Waals surface area contributed by atoms with Crippen LogP contribution in [-0.2, 0) is 14.3 Å². The molecule has 6 heteroatoms. The topological polar surface area (TPSA) is 38.8 Å². The van der Waals surface area contributed by atoms with E-state index < -0.39 is 4.20 Å². The summed E-state index contributed by atoms with van der Waals surface area (Å²) >= 11 is 3.51. The van der Waals surface area contributed by atoms with Crippen LogP contribution >= 0.6 is 23.5 Å². The van der Waals surface area contributed by atoms with Gasteiger partial charge in [0.05, 0.1) is 0 Å². The monoisotopic (exact) mass is 353 g/mol. The number of methoxy groups -OCH3 is 1. The average Bonchev–Trinajstić information content (AvgIpc) is 2.54. The molecule has 0 aromatic heterocycles. The molecule has 0 spiro atoms. The van der Waals surface area contributed by atoms with Gasteiger partial charge in [-0.1, -0.05) is 32.0 Å². The van der Waals surface area contributed by atoms with Gasteiger partial charge in [0.15, 0.2) is 11.0 Å². The summed E-state index contributed by atoms with van der Waals surface area (Å²) in [6, 6.07) is 9.81. The summed E-state index contributed by atoms with van der Waals surface area (Å²) in [4.78, 5) is 14.7. The average molecular weight is 354 g/mol. The summed E-state index contributed by atoms with van der Waals surface area (Å²) in [7, 11) is 1.58. The molecule has 0 saturated carbocycles. The molecule has 1 heterocycles. The lowest BCUT2D eigenvalue weighted by Gasteiger charge is -2.52. The third kappa shape index (κ3) is 3.39. The molecule has 1 aliphatic heterocycles. The van der Waals surface area contributed by atoms with E-state index in [0.29, 0.717) is 5.76 Å². The van der Waals surface area contributed by atoms with Gasteiger partial charge in [-0.15, -0.1) is 23.5 Å². The summed E-state index contributed by atoms with van der Waals surface area (Å²) in [6.07, 6.45) is 0. The molecule has 23 heavy (non-hydrogen) atoms. The first-order valence-corrected chi connectivity index (χ1v) is 9.60. The van der Waals surface area contributed by atoms with Crippen molar-refractivity contribution in [2.75, 3.05) is 30.3 Å². The quantitative estimate of drug-likeness (QED) is 0.305. The molecule has 1 aromatic rings. The fourth-order valence-corrected chi connectivity index (χ4v) is 5.81. The molecular formula is C17H23NO3S2. The minimum Gasteiger partial charge on any atom is -0.472 e. The zero-order valence-corrected chi connectivity index (χ0v) is 15.6. The zero-order valence-electron chi connectivity index (χ0n) is 14.0. The van der Waals surface area contributed by atoms with Crippen LogP contribution in [0.4, 0.5) is 5.69 Å². The Kier molecular flexibility index (Phi) is 6.44. The van der Waals surface area contributed by atoms with E-state index in [2.05, 4.69) is 13.8 Å². The summed E-state index contributed by atoms with van der Waals surface area (Å²) in [5.41, 5.74) is 1.65. The van der Waals surface area contributed by atoms with Gasteiger partial charge in [0.2, 0.25) is 0 Å². The lowest BCUT2D eigenvalue weighted by molar-refractivity contribution is -0.118. The van der Waals surface area contributed by atoms with E-state index in [4.69, 9.17) is 9.47 Å². The van der Waals surface area contributed by atoms with Crippen LogP contribution in [0.3, 0.4) is 0 Å². The second-order valence-corrected chi connectivity index (χ2v) is 8.08. The standard InChI is InChI=1S/C17H23NO3S2/c1-5-22-17(23-6-2)15(13(3)21-12-20-4)16(19)18(17)14-10-8-7-9-11-14/h7-11H,5-6,12H2,1-4H3/b15-13+. The van der Waals surface area contributed by atoms with Crippen molar-refractivity contribution < 1.29 is 14.3 Å². The van der Waals surface area contributed by atoms with Crippen LogP contribution in [-0.4, -0.2) is 35.5 Å². The molecule has 1 amide bonds. The molecule has 4 nitrogen and oxygen atoms in total. The van der Waals surface area contributed by atoms with E-state index >= 15 is 0 Å². The van der Waals surface area contributed by atoms with Crippen LogP contribution in [0, 0.1) is 0 Å². The highest BCUT2D eigenvalue weighted by Crippen LogP contribution is 2.56. The molecule has 0 N–H and O–H groups in total. The van der Waals surface area contributed by atoms with Gasteiger partial charge in [0.1, 0.15) is 11.3 Å². The minimum absolute atomic E-state index is 0.00621. The van der Waals surface area contributed by atoms with Crippen LogP contribution in [0.1, 0.15) is 20.8 Å². The highest BCUT2D eigenvalue weighted by molar-refractivity contribution is 8.19. The number of β-lactam (4-membered cyclic amide) rings is 1. The van der Waals surface area contributed by atoms with Gasteiger partial charge in [0, 0.05) is 12.8 Å². The predicted octanol–water partition coefficient (Wildman–Crippen LogP) is 4.09. The molecule has 0 aliphatic carbocycles. The number of ether oxygens (including phenoxy) is 2. The van der Waals surface area contributed by atoms with Gasteiger partial charge in [0.25, 0.3) is 5.91 Å². The number of nitrogens with zero attached hydrogens (tertiary/aromatic N) is 1. The SMILES string of the molecule is CCSC1(SCC)/C(=C(\C)OCOC)C(=O)N1c1ccccc1. The maximum atomic E-state index is 12.9. The number of carbonyl (C=O) groups is 1. The largest absolute Gasteiger partial charge is 0.472 e.